The number of anilines is 1. The molecule has 1 aromatic carbocycles. The van der Waals surface area contributed by atoms with Gasteiger partial charge in [-0.3, -0.25) is 0 Å². The highest BCUT2D eigenvalue weighted by atomic mass is 32.2. The standard InChI is InChI=1S/C8H10F2N2O2S/c1-12(2)15(13,14)8-4-7(11)5(9)3-6(8)10/h3-4H,11H2,1-2H3. The molecule has 4 nitrogen and oxygen atoms in total. The highest BCUT2D eigenvalue weighted by Gasteiger charge is 2.23. The van der Waals surface area contributed by atoms with Crippen molar-refractivity contribution < 1.29 is 17.2 Å². The van der Waals surface area contributed by atoms with Crippen molar-refractivity contribution in [2.24, 2.45) is 0 Å². The van der Waals surface area contributed by atoms with E-state index >= 15 is 0 Å². The van der Waals surface area contributed by atoms with E-state index in [0.29, 0.717) is 6.07 Å². The van der Waals surface area contributed by atoms with Crippen LogP contribution in [0.25, 0.3) is 0 Å². The summed E-state index contributed by atoms with van der Waals surface area (Å²) in [4.78, 5) is -0.633. The van der Waals surface area contributed by atoms with Crippen molar-refractivity contribution in [2.75, 3.05) is 19.8 Å². The lowest BCUT2D eigenvalue weighted by Crippen LogP contribution is -2.23. The van der Waals surface area contributed by atoms with Gasteiger partial charge in [0, 0.05) is 20.2 Å². The minimum atomic E-state index is -3.94. The smallest absolute Gasteiger partial charge is 0.245 e. The molecule has 0 atom stereocenters. The average molecular weight is 236 g/mol. The Hall–Kier alpha value is -1.21. The molecule has 0 heterocycles. The predicted molar refractivity (Wildman–Crippen MR) is 51.6 cm³/mol. The van der Waals surface area contributed by atoms with Gasteiger partial charge in [0.15, 0.2) is 0 Å². The third-order valence-electron chi connectivity index (χ3n) is 1.81. The molecule has 0 spiro atoms. The first kappa shape index (κ1) is 11.9. The van der Waals surface area contributed by atoms with Crippen LogP contribution in [-0.4, -0.2) is 26.8 Å². The maximum Gasteiger partial charge on any atom is 0.245 e. The second kappa shape index (κ2) is 3.74. The topological polar surface area (TPSA) is 63.4 Å². The van der Waals surface area contributed by atoms with Gasteiger partial charge in [0.25, 0.3) is 0 Å². The van der Waals surface area contributed by atoms with Crippen LogP contribution >= 0.6 is 0 Å². The molecule has 0 aromatic heterocycles. The Balaban J connectivity index is 3.46. The number of nitrogens with two attached hydrogens (primary N) is 1. The first-order valence-electron chi connectivity index (χ1n) is 3.94. The Morgan fingerprint density at radius 3 is 2.20 bits per heavy atom. The van der Waals surface area contributed by atoms with Crippen molar-refractivity contribution in [1.82, 2.24) is 4.31 Å². The molecule has 0 radical (unpaired) electrons. The fraction of sp³-hybridized carbons (Fsp3) is 0.250. The molecule has 15 heavy (non-hydrogen) atoms. The van der Waals surface area contributed by atoms with Crippen LogP contribution in [0.2, 0.25) is 0 Å². The lowest BCUT2D eigenvalue weighted by atomic mass is 10.3. The van der Waals surface area contributed by atoms with Crippen LogP contribution in [0, 0.1) is 11.6 Å². The molecule has 1 rings (SSSR count). The Morgan fingerprint density at radius 2 is 1.73 bits per heavy atom. The zero-order valence-corrected chi connectivity index (χ0v) is 8.98. The summed E-state index contributed by atoms with van der Waals surface area (Å²) < 4.78 is 49.8. The highest BCUT2D eigenvalue weighted by molar-refractivity contribution is 7.89. The molecule has 0 aliphatic heterocycles. The van der Waals surface area contributed by atoms with E-state index < -0.39 is 32.2 Å². The first-order chi connectivity index (χ1) is 6.76. The molecule has 0 bridgehead atoms. The summed E-state index contributed by atoms with van der Waals surface area (Å²) in [5.74, 6) is -2.14. The predicted octanol–water partition coefficient (Wildman–Crippen LogP) is 0.797. The fourth-order valence-corrected chi connectivity index (χ4v) is 1.91. The Bertz CT molecular complexity index is 486. The number of halogens is 2. The van der Waals surface area contributed by atoms with Gasteiger partial charge in [-0.15, -0.1) is 0 Å². The minimum absolute atomic E-state index is 0.406. The van der Waals surface area contributed by atoms with Crippen LogP contribution in [0.15, 0.2) is 17.0 Å². The molecule has 2 N–H and O–H groups in total. The van der Waals surface area contributed by atoms with Gasteiger partial charge < -0.3 is 5.73 Å². The second-order valence-corrected chi connectivity index (χ2v) is 5.21. The number of sulfonamides is 1. The van der Waals surface area contributed by atoms with Gasteiger partial charge in [0.1, 0.15) is 16.5 Å². The van der Waals surface area contributed by atoms with Crippen molar-refractivity contribution in [3.05, 3.63) is 23.8 Å². The summed E-state index contributed by atoms with van der Waals surface area (Å²) in [7, 11) is -1.45. The van der Waals surface area contributed by atoms with Crippen molar-refractivity contribution in [3.8, 4) is 0 Å². The Labute approximate surface area is 86.4 Å². The third kappa shape index (κ3) is 2.07. The minimum Gasteiger partial charge on any atom is -0.396 e. The van der Waals surface area contributed by atoms with Gasteiger partial charge >= 0.3 is 0 Å². The molecule has 0 saturated carbocycles. The molecular weight excluding hydrogens is 226 g/mol. The molecule has 84 valence electrons. The molecule has 7 heteroatoms. The van der Waals surface area contributed by atoms with E-state index in [2.05, 4.69) is 0 Å². The number of nitrogens with zero attached hydrogens (tertiary/aromatic N) is 1. The quantitative estimate of drug-likeness (QED) is 0.772. The molecule has 0 saturated heterocycles. The van der Waals surface area contributed by atoms with E-state index in [9.17, 15) is 17.2 Å². The Kier molecular flexibility index (Phi) is 2.96. The first-order valence-corrected chi connectivity index (χ1v) is 5.38. The molecule has 1 aromatic rings. The lowest BCUT2D eigenvalue weighted by molar-refractivity contribution is 0.504. The summed E-state index contributed by atoms with van der Waals surface area (Å²) >= 11 is 0. The molecular formula is C8H10F2N2O2S. The van der Waals surface area contributed by atoms with Gasteiger partial charge in [0.05, 0.1) is 5.69 Å². The number of hydrogen-bond donors (Lipinski definition) is 1. The number of nitrogen functional groups attached to an aromatic ring is 1. The summed E-state index contributed by atoms with van der Waals surface area (Å²) in [6.45, 7) is 0. The van der Waals surface area contributed by atoms with Crippen molar-refractivity contribution >= 4 is 15.7 Å². The average Bonchev–Trinajstić information content (AvgIpc) is 2.10. The normalized spacial score (nSPS) is 12.1. The monoisotopic (exact) mass is 236 g/mol. The molecule has 0 aliphatic rings. The summed E-state index contributed by atoms with van der Waals surface area (Å²) in [5.41, 5.74) is 4.76. The molecule has 0 fully saturated rings. The van der Waals surface area contributed by atoms with Crippen LogP contribution in [0.5, 0.6) is 0 Å². The maximum atomic E-state index is 13.2. The van der Waals surface area contributed by atoms with E-state index in [1.165, 1.54) is 14.1 Å². The van der Waals surface area contributed by atoms with Crippen LogP contribution in [-0.2, 0) is 10.0 Å². The Morgan fingerprint density at radius 1 is 1.20 bits per heavy atom. The van der Waals surface area contributed by atoms with E-state index in [1.54, 1.807) is 0 Å². The third-order valence-corrected chi connectivity index (χ3v) is 3.64. The van der Waals surface area contributed by atoms with Gasteiger partial charge in [-0.25, -0.2) is 21.5 Å². The van der Waals surface area contributed by atoms with E-state index in [-0.39, 0.29) is 0 Å². The van der Waals surface area contributed by atoms with Crippen LogP contribution < -0.4 is 5.73 Å². The second-order valence-electron chi connectivity index (χ2n) is 3.09. The number of hydrogen-bond acceptors (Lipinski definition) is 3. The summed E-state index contributed by atoms with van der Waals surface area (Å²) in [6, 6.07) is 1.21. The van der Waals surface area contributed by atoms with Gasteiger partial charge in [-0.05, 0) is 6.07 Å². The van der Waals surface area contributed by atoms with Crippen LogP contribution in [0.3, 0.4) is 0 Å². The summed E-state index contributed by atoms with van der Waals surface area (Å²) in [6.07, 6.45) is 0. The van der Waals surface area contributed by atoms with E-state index in [1.807, 2.05) is 0 Å². The van der Waals surface area contributed by atoms with Crippen molar-refractivity contribution in [2.45, 2.75) is 4.90 Å². The molecule has 0 unspecified atom stereocenters. The fourth-order valence-electron chi connectivity index (χ4n) is 0.939. The zero-order valence-electron chi connectivity index (χ0n) is 8.16. The zero-order chi connectivity index (χ0) is 11.8. The largest absolute Gasteiger partial charge is 0.396 e. The van der Waals surface area contributed by atoms with E-state index in [4.69, 9.17) is 5.73 Å². The maximum absolute atomic E-state index is 13.2. The van der Waals surface area contributed by atoms with Gasteiger partial charge in [-0.2, -0.15) is 0 Å². The van der Waals surface area contributed by atoms with Crippen LogP contribution in [0.4, 0.5) is 14.5 Å². The number of benzene rings is 1. The highest BCUT2D eigenvalue weighted by Crippen LogP contribution is 2.22. The van der Waals surface area contributed by atoms with Crippen LogP contribution in [0.1, 0.15) is 0 Å². The molecule has 0 aliphatic carbocycles. The molecule has 0 amide bonds. The SMILES string of the molecule is CN(C)S(=O)(=O)c1cc(N)c(F)cc1F. The lowest BCUT2D eigenvalue weighted by Gasteiger charge is -2.12. The number of rotatable bonds is 2. The van der Waals surface area contributed by atoms with E-state index in [0.717, 1.165) is 10.4 Å². The van der Waals surface area contributed by atoms with Gasteiger partial charge in [-0.1, -0.05) is 0 Å². The van der Waals surface area contributed by atoms with Crippen molar-refractivity contribution in [1.29, 1.82) is 0 Å². The van der Waals surface area contributed by atoms with Crippen molar-refractivity contribution in [3.63, 3.8) is 0 Å². The summed E-state index contributed by atoms with van der Waals surface area (Å²) in [5, 5.41) is 0. The van der Waals surface area contributed by atoms with Gasteiger partial charge in [0.2, 0.25) is 10.0 Å².